The standard InChI is InChI=1S/C20H30N2O3/c1-16(23)18-3-4-20(24-2)19(13-18)15-21-7-5-17(6-8-21)14-22-9-11-25-12-10-22/h3-4,13,17H,5-12,14-15H2,1-2H3. The molecule has 0 radical (unpaired) electrons. The molecule has 0 atom stereocenters. The predicted molar refractivity (Wildman–Crippen MR) is 98.3 cm³/mol. The van der Waals surface area contributed by atoms with Gasteiger partial charge in [-0.25, -0.2) is 0 Å². The third-order valence-corrected chi connectivity index (χ3v) is 5.41. The summed E-state index contributed by atoms with van der Waals surface area (Å²) in [4.78, 5) is 16.7. The number of hydrogen-bond donors (Lipinski definition) is 0. The maximum Gasteiger partial charge on any atom is 0.159 e. The van der Waals surface area contributed by atoms with Crippen molar-refractivity contribution in [1.29, 1.82) is 0 Å². The van der Waals surface area contributed by atoms with Crippen molar-refractivity contribution >= 4 is 5.78 Å². The number of methoxy groups -OCH3 is 1. The first-order valence-corrected chi connectivity index (χ1v) is 9.36. The number of ether oxygens (including phenoxy) is 2. The lowest BCUT2D eigenvalue weighted by molar-refractivity contribution is 0.0242. The molecule has 2 saturated heterocycles. The number of ketones is 1. The van der Waals surface area contributed by atoms with Gasteiger partial charge in [0, 0.05) is 37.3 Å². The molecule has 2 aliphatic rings. The molecule has 1 aromatic rings. The van der Waals surface area contributed by atoms with Crippen LogP contribution in [0.15, 0.2) is 18.2 Å². The number of carbonyl (C=O) groups is 1. The molecule has 5 heteroatoms. The van der Waals surface area contributed by atoms with Crippen molar-refractivity contribution in [3.05, 3.63) is 29.3 Å². The van der Waals surface area contributed by atoms with E-state index in [1.807, 2.05) is 18.2 Å². The average Bonchev–Trinajstić information content (AvgIpc) is 2.64. The number of hydrogen-bond acceptors (Lipinski definition) is 5. The Hall–Kier alpha value is -1.43. The molecule has 25 heavy (non-hydrogen) atoms. The summed E-state index contributed by atoms with van der Waals surface area (Å²) in [6.45, 7) is 9.82. The number of benzene rings is 1. The van der Waals surface area contributed by atoms with Gasteiger partial charge in [-0.05, 0) is 57.0 Å². The summed E-state index contributed by atoms with van der Waals surface area (Å²) >= 11 is 0. The second-order valence-corrected chi connectivity index (χ2v) is 7.22. The molecule has 2 fully saturated rings. The second kappa shape index (κ2) is 8.79. The van der Waals surface area contributed by atoms with Gasteiger partial charge in [0.1, 0.15) is 5.75 Å². The molecule has 0 unspecified atom stereocenters. The first-order valence-electron chi connectivity index (χ1n) is 9.36. The van der Waals surface area contributed by atoms with Gasteiger partial charge in [0.05, 0.1) is 20.3 Å². The molecule has 1 aromatic carbocycles. The third-order valence-electron chi connectivity index (χ3n) is 5.41. The second-order valence-electron chi connectivity index (χ2n) is 7.22. The number of likely N-dealkylation sites (tertiary alicyclic amines) is 1. The maximum absolute atomic E-state index is 11.7. The van der Waals surface area contributed by atoms with E-state index >= 15 is 0 Å². The topological polar surface area (TPSA) is 42.0 Å². The Bertz CT molecular complexity index is 576. The normalized spacial score (nSPS) is 20.6. The fraction of sp³-hybridized carbons (Fsp3) is 0.650. The lowest BCUT2D eigenvalue weighted by Gasteiger charge is -2.36. The van der Waals surface area contributed by atoms with E-state index in [1.54, 1.807) is 14.0 Å². The van der Waals surface area contributed by atoms with E-state index in [0.29, 0.717) is 0 Å². The minimum atomic E-state index is 0.105. The summed E-state index contributed by atoms with van der Waals surface area (Å²) in [5, 5.41) is 0. The molecule has 2 aliphatic heterocycles. The fourth-order valence-electron chi connectivity index (χ4n) is 3.84. The SMILES string of the molecule is COc1ccc(C(C)=O)cc1CN1CCC(CN2CCOCC2)CC1. The van der Waals surface area contributed by atoms with Crippen LogP contribution in [-0.4, -0.2) is 68.6 Å². The summed E-state index contributed by atoms with van der Waals surface area (Å²) in [6.07, 6.45) is 2.48. The van der Waals surface area contributed by atoms with Gasteiger partial charge in [0.25, 0.3) is 0 Å². The van der Waals surface area contributed by atoms with E-state index in [1.165, 1.54) is 19.4 Å². The third kappa shape index (κ3) is 5.03. The Morgan fingerprint density at radius 2 is 1.88 bits per heavy atom. The first kappa shape index (κ1) is 18.4. The number of carbonyl (C=O) groups excluding carboxylic acids is 1. The van der Waals surface area contributed by atoms with Gasteiger partial charge in [0.2, 0.25) is 0 Å². The van der Waals surface area contributed by atoms with Crippen LogP contribution in [0, 0.1) is 5.92 Å². The number of rotatable bonds is 6. The molecule has 2 heterocycles. The zero-order chi connectivity index (χ0) is 17.6. The highest BCUT2D eigenvalue weighted by Gasteiger charge is 2.23. The van der Waals surface area contributed by atoms with Gasteiger partial charge >= 0.3 is 0 Å². The number of Topliss-reactive ketones (excluding diaryl/α,β-unsaturated/α-hetero) is 1. The van der Waals surface area contributed by atoms with Gasteiger partial charge < -0.3 is 9.47 Å². The maximum atomic E-state index is 11.7. The number of piperidine rings is 1. The van der Waals surface area contributed by atoms with Crippen molar-refractivity contribution in [1.82, 2.24) is 9.80 Å². The van der Waals surface area contributed by atoms with Gasteiger partial charge in [0.15, 0.2) is 5.78 Å². The van der Waals surface area contributed by atoms with E-state index in [0.717, 1.165) is 68.7 Å². The van der Waals surface area contributed by atoms with Crippen LogP contribution in [0.4, 0.5) is 0 Å². The molecule has 0 aromatic heterocycles. The van der Waals surface area contributed by atoms with Gasteiger partial charge in [-0.15, -0.1) is 0 Å². The Morgan fingerprint density at radius 1 is 1.16 bits per heavy atom. The summed E-state index contributed by atoms with van der Waals surface area (Å²) in [5.41, 5.74) is 1.87. The highest BCUT2D eigenvalue weighted by atomic mass is 16.5. The molecule has 0 saturated carbocycles. The molecule has 0 spiro atoms. The summed E-state index contributed by atoms with van der Waals surface area (Å²) < 4.78 is 10.9. The van der Waals surface area contributed by atoms with Crippen LogP contribution in [0.5, 0.6) is 5.75 Å². The first-order chi connectivity index (χ1) is 12.2. The molecule has 0 N–H and O–H groups in total. The predicted octanol–water partition coefficient (Wildman–Crippen LogP) is 2.44. The molecular formula is C20H30N2O3. The zero-order valence-corrected chi connectivity index (χ0v) is 15.5. The average molecular weight is 346 g/mol. The van der Waals surface area contributed by atoms with Crippen molar-refractivity contribution in [3.63, 3.8) is 0 Å². The van der Waals surface area contributed by atoms with Crippen LogP contribution in [0.2, 0.25) is 0 Å². The molecule has 0 amide bonds. The Morgan fingerprint density at radius 3 is 2.52 bits per heavy atom. The van der Waals surface area contributed by atoms with Crippen molar-refractivity contribution < 1.29 is 14.3 Å². The Labute approximate surface area is 150 Å². The van der Waals surface area contributed by atoms with Crippen molar-refractivity contribution in [2.45, 2.75) is 26.3 Å². The van der Waals surface area contributed by atoms with Crippen LogP contribution in [0.25, 0.3) is 0 Å². The zero-order valence-electron chi connectivity index (χ0n) is 15.5. The van der Waals surface area contributed by atoms with E-state index in [2.05, 4.69) is 9.80 Å². The number of morpholine rings is 1. The Kier molecular flexibility index (Phi) is 6.45. The smallest absolute Gasteiger partial charge is 0.159 e. The highest BCUT2D eigenvalue weighted by Crippen LogP contribution is 2.25. The van der Waals surface area contributed by atoms with Crippen molar-refractivity contribution in [3.8, 4) is 5.75 Å². The van der Waals surface area contributed by atoms with E-state index in [4.69, 9.17) is 9.47 Å². The van der Waals surface area contributed by atoms with Crippen LogP contribution >= 0.6 is 0 Å². The van der Waals surface area contributed by atoms with Gasteiger partial charge in [-0.2, -0.15) is 0 Å². The molecule has 0 aliphatic carbocycles. The van der Waals surface area contributed by atoms with E-state index in [-0.39, 0.29) is 5.78 Å². The minimum Gasteiger partial charge on any atom is -0.496 e. The van der Waals surface area contributed by atoms with Crippen LogP contribution < -0.4 is 4.74 Å². The summed E-state index contributed by atoms with van der Waals surface area (Å²) in [7, 11) is 1.70. The summed E-state index contributed by atoms with van der Waals surface area (Å²) in [6, 6.07) is 5.75. The summed E-state index contributed by atoms with van der Waals surface area (Å²) in [5.74, 6) is 1.77. The van der Waals surface area contributed by atoms with Crippen LogP contribution in [0.3, 0.4) is 0 Å². The van der Waals surface area contributed by atoms with Gasteiger partial charge in [-0.3, -0.25) is 14.6 Å². The molecule has 0 bridgehead atoms. The van der Waals surface area contributed by atoms with E-state index in [9.17, 15) is 4.79 Å². The molecule has 3 rings (SSSR count). The Balaban J connectivity index is 1.53. The molecular weight excluding hydrogens is 316 g/mol. The van der Waals surface area contributed by atoms with Crippen molar-refractivity contribution in [2.75, 3.05) is 53.0 Å². The monoisotopic (exact) mass is 346 g/mol. The van der Waals surface area contributed by atoms with Crippen LogP contribution in [-0.2, 0) is 11.3 Å². The molecule has 138 valence electrons. The lowest BCUT2D eigenvalue weighted by atomic mass is 9.95. The largest absolute Gasteiger partial charge is 0.496 e. The molecule has 5 nitrogen and oxygen atoms in total. The number of nitrogens with zero attached hydrogens (tertiary/aromatic N) is 2. The minimum absolute atomic E-state index is 0.105. The highest BCUT2D eigenvalue weighted by molar-refractivity contribution is 5.94. The quantitative estimate of drug-likeness (QED) is 0.740. The van der Waals surface area contributed by atoms with E-state index < -0.39 is 0 Å². The van der Waals surface area contributed by atoms with Crippen molar-refractivity contribution in [2.24, 2.45) is 5.92 Å². The lowest BCUT2D eigenvalue weighted by Crippen LogP contribution is -2.42. The van der Waals surface area contributed by atoms with Crippen LogP contribution in [0.1, 0.15) is 35.7 Å². The van der Waals surface area contributed by atoms with Gasteiger partial charge in [-0.1, -0.05) is 0 Å². The fourth-order valence-corrected chi connectivity index (χ4v) is 3.84.